The molecule has 0 spiro atoms. The van der Waals surface area contributed by atoms with Gasteiger partial charge < -0.3 is 9.69 Å². The van der Waals surface area contributed by atoms with Crippen LogP contribution in [0.25, 0.3) is 0 Å². The molecule has 1 aliphatic rings. The van der Waals surface area contributed by atoms with Crippen LogP contribution in [-0.2, 0) is 11.2 Å². The van der Waals surface area contributed by atoms with Gasteiger partial charge in [-0.3, -0.25) is 0 Å². The van der Waals surface area contributed by atoms with Crippen LogP contribution in [0.1, 0.15) is 24.1 Å². The van der Waals surface area contributed by atoms with Crippen molar-refractivity contribution in [2.45, 2.75) is 26.2 Å². The lowest BCUT2D eigenvalue weighted by Gasteiger charge is -2.15. The predicted octanol–water partition coefficient (Wildman–Crippen LogP) is 1.13. The highest BCUT2D eigenvalue weighted by atomic mass is 16.1. The van der Waals surface area contributed by atoms with Gasteiger partial charge in [0.15, 0.2) is 0 Å². The van der Waals surface area contributed by atoms with E-state index in [-0.39, 0.29) is 0 Å². The van der Waals surface area contributed by atoms with Gasteiger partial charge in [0.2, 0.25) is 5.95 Å². The number of carbonyl (C=O) groups excluding carboxylic acids is 1. The quantitative estimate of drug-likeness (QED) is 0.694. The SMILES string of the molecule is Cc1nc(N2CCCC2)ncc1CC=O. The van der Waals surface area contributed by atoms with Crippen LogP contribution in [0.2, 0.25) is 0 Å². The van der Waals surface area contributed by atoms with Crippen LogP contribution < -0.4 is 4.90 Å². The molecule has 80 valence electrons. The molecule has 0 saturated carbocycles. The molecule has 15 heavy (non-hydrogen) atoms. The van der Waals surface area contributed by atoms with Gasteiger partial charge in [-0.25, -0.2) is 9.97 Å². The lowest BCUT2D eigenvalue weighted by Crippen LogP contribution is -2.21. The van der Waals surface area contributed by atoms with Gasteiger partial charge in [-0.15, -0.1) is 0 Å². The summed E-state index contributed by atoms with van der Waals surface area (Å²) in [4.78, 5) is 21.3. The summed E-state index contributed by atoms with van der Waals surface area (Å²) in [5, 5.41) is 0. The Hall–Kier alpha value is -1.45. The molecule has 0 atom stereocenters. The maximum atomic E-state index is 10.4. The van der Waals surface area contributed by atoms with E-state index in [1.54, 1.807) is 6.20 Å². The van der Waals surface area contributed by atoms with Crippen LogP contribution in [0, 0.1) is 6.92 Å². The second-order valence-corrected chi connectivity index (χ2v) is 3.85. The third kappa shape index (κ3) is 2.14. The smallest absolute Gasteiger partial charge is 0.225 e. The Morgan fingerprint density at radius 2 is 2.20 bits per heavy atom. The summed E-state index contributed by atoms with van der Waals surface area (Å²) in [6.07, 6.45) is 5.51. The minimum absolute atomic E-state index is 0.409. The number of nitrogens with zero attached hydrogens (tertiary/aromatic N) is 3. The molecule has 0 aliphatic carbocycles. The lowest BCUT2D eigenvalue weighted by molar-refractivity contribution is -0.107. The largest absolute Gasteiger partial charge is 0.341 e. The van der Waals surface area contributed by atoms with Crippen molar-refractivity contribution in [1.29, 1.82) is 0 Å². The molecule has 1 aromatic rings. The highest BCUT2D eigenvalue weighted by molar-refractivity contribution is 5.55. The molecule has 0 radical (unpaired) electrons. The zero-order chi connectivity index (χ0) is 10.7. The van der Waals surface area contributed by atoms with Crippen molar-refractivity contribution in [1.82, 2.24) is 9.97 Å². The molecule has 0 bridgehead atoms. The Labute approximate surface area is 89.3 Å². The number of hydrogen-bond donors (Lipinski definition) is 0. The van der Waals surface area contributed by atoms with Gasteiger partial charge in [-0.1, -0.05) is 0 Å². The summed E-state index contributed by atoms with van der Waals surface area (Å²) in [5.74, 6) is 0.805. The summed E-state index contributed by atoms with van der Waals surface area (Å²) >= 11 is 0. The Kier molecular flexibility index (Phi) is 2.94. The van der Waals surface area contributed by atoms with E-state index in [0.717, 1.165) is 36.6 Å². The van der Waals surface area contributed by atoms with E-state index < -0.39 is 0 Å². The van der Waals surface area contributed by atoms with Gasteiger partial charge >= 0.3 is 0 Å². The second-order valence-electron chi connectivity index (χ2n) is 3.85. The van der Waals surface area contributed by atoms with Crippen LogP contribution in [0.3, 0.4) is 0 Å². The first kappa shape index (κ1) is 10.1. The number of hydrogen-bond acceptors (Lipinski definition) is 4. The minimum atomic E-state index is 0.409. The van der Waals surface area contributed by atoms with E-state index in [4.69, 9.17) is 0 Å². The molecule has 4 heteroatoms. The average molecular weight is 205 g/mol. The molecule has 0 amide bonds. The predicted molar refractivity (Wildman–Crippen MR) is 58.0 cm³/mol. The van der Waals surface area contributed by atoms with Gasteiger partial charge in [-0.05, 0) is 25.3 Å². The van der Waals surface area contributed by atoms with Crippen LogP contribution in [0.5, 0.6) is 0 Å². The first-order valence-corrected chi connectivity index (χ1v) is 5.32. The van der Waals surface area contributed by atoms with Crippen molar-refractivity contribution < 1.29 is 4.79 Å². The molecule has 1 fully saturated rings. The zero-order valence-electron chi connectivity index (χ0n) is 8.94. The summed E-state index contributed by atoms with van der Waals surface area (Å²) in [6.45, 7) is 4.03. The third-order valence-electron chi connectivity index (χ3n) is 2.76. The van der Waals surface area contributed by atoms with E-state index in [0.29, 0.717) is 6.42 Å². The molecular weight excluding hydrogens is 190 g/mol. The van der Waals surface area contributed by atoms with Crippen molar-refractivity contribution in [3.63, 3.8) is 0 Å². The Bertz CT molecular complexity index is 359. The van der Waals surface area contributed by atoms with E-state index >= 15 is 0 Å². The number of carbonyl (C=O) groups is 1. The molecule has 1 saturated heterocycles. The minimum Gasteiger partial charge on any atom is -0.341 e. The van der Waals surface area contributed by atoms with Crippen molar-refractivity contribution >= 4 is 12.2 Å². The molecule has 4 nitrogen and oxygen atoms in total. The first-order chi connectivity index (χ1) is 7.31. The topological polar surface area (TPSA) is 46.1 Å². The zero-order valence-corrected chi connectivity index (χ0v) is 8.94. The normalized spacial score (nSPS) is 15.7. The number of aromatic nitrogens is 2. The maximum Gasteiger partial charge on any atom is 0.225 e. The Morgan fingerprint density at radius 3 is 2.80 bits per heavy atom. The molecule has 2 heterocycles. The van der Waals surface area contributed by atoms with Crippen LogP contribution in [-0.4, -0.2) is 29.3 Å². The molecule has 0 aromatic carbocycles. The maximum absolute atomic E-state index is 10.4. The van der Waals surface area contributed by atoms with Crippen molar-refractivity contribution in [2.24, 2.45) is 0 Å². The van der Waals surface area contributed by atoms with Crippen molar-refractivity contribution in [3.8, 4) is 0 Å². The van der Waals surface area contributed by atoms with Gasteiger partial charge in [0.05, 0.1) is 0 Å². The first-order valence-electron chi connectivity index (χ1n) is 5.32. The Morgan fingerprint density at radius 1 is 1.47 bits per heavy atom. The van der Waals surface area contributed by atoms with E-state index in [1.807, 2.05) is 6.92 Å². The second kappa shape index (κ2) is 4.38. The fraction of sp³-hybridized carbons (Fsp3) is 0.545. The third-order valence-corrected chi connectivity index (χ3v) is 2.76. The summed E-state index contributed by atoms with van der Waals surface area (Å²) < 4.78 is 0. The fourth-order valence-electron chi connectivity index (χ4n) is 1.84. The highest BCUT2D eigenvalue weighted by Crippen LogP contribution is 2.16. The summed E-state index contributed by atoms with van der Waals surface area (Å²) in [7, 11) is 0. The van der Waals surface area contributed by atoms with Crippen molar-refractivity contribution in [2.75, 3.05) is 18.0 Å². The standard InChI is InChI=1S/C11H15N3O/c1-9-10(4-7-15)8-12-11(13-9)14-5-2-3-6-14/h7-8H,2-6H2,1H3. The van der Waals surface area contributed by atoms with Crippen LogP contribution in [0.4, 0.5) is 5.95 Å². The lowest BCUT2D eigenvalue weighted by atomic mass is 10.2. The van der Waals surface area contributed by atoms with Crippen molar-refractivity contribution in [3.05, 3.63) is 17.5 Å². The molecule has 0 N–H and O–H groups in total. The van der Waals surface area contributed by atoms with Gasteiger partial charge in [0.1, 0.15) is 6.29 Å². The fourth-order valence-corrected chi connectivity index (χ4v) is 1.84. The number of anilines is 1. The molecule has 1 aromatic heterocycles. The number of rotatable bonds is 3. The Balaban J connectivity index is 2.20. The van der Waals surface area contributed by atoms with E-state index in [1.165, 1.54) is 12.8 Å². The molecular formula is C11H15N3O. The summed E-state index contributed by atoms with van der Waals surface area (Å²) in [6, 6.07) is 0. The molecule has 1 aliphatic heterocycles. The van der Waals surface area contributed by atoms with Gasteiger partial charge in [-0.2, -0.15) is 0 Å². The van der Waals surface area contributed by atoms with Gasteiger partial charge in [0.25, 0.3) is 0 Å². The average Bonchev–Trinajstić information content (AvgIpc) is 2.74. The van der Waals surface area contributed by atoms with Gasteiger partial charge in [0, 0.05) is 31.4 Å². The monoisotopic (exact) mass is 205 g/mol. The van der Waals surface area contributed by atoms with Crippen LogP contribution >= 0.6 is 0 Å². The number of aryl methyl sites for hydroxylation is 1. The van der Waals surface area contributed by atoms with Crippen LogP contribution in [0.15, 0.2) is 6.20 Å². The van der Waals surface area contributed by atoms with E-state index in [2.05, 4.69) is 14.9 Å². The van der Waals surface area contributed by atoms with E-state index in [9.17, 15) is 4.79 Å². The number of aldehydes is 1. The summed E-state index contributed by atoms with van der Waals surface area (Å²) in [5.41, 5.74) is 1.84. The highest BCUT2D eigenvalue weighted by Gasteiger charge is 2.15. The molecule has 2 rings (SSSR count). The molecule has 0 unspecified atom stereocenters.